The molecule has 0 aromatic rings. The predicted molar refractivity (Wildman–Crippen MR) is 74.1 cm³/mol. The zero-order valence-electron chi connectivity index (χ0n) is 11.9. The van der Waals surface area contributed by atoms with Gasteiger partial charge in [0.2, 0.25) is 0 Å². The van der Waals surface area contributed by atoms with Crippen LogP contribution in [0.1, 0.15) is 38.5 Å². The molecule has 1 aliphatic carbocycles. The highest BCUT2D eigenvalue weighted by atomic mass is 16.6. The second-order valence-electron chi connectivity index (χ2n) is 5.99. The van der Waals surface area contributed by atoms with E-state index in [9.17, 15) is 9.90 Å². The fourth-order valence-electron chi connectivity index (χ4n) is 3.24. The van der Waals surface area contributed by atoms with E-state index in [1.54, 1.807) is 0 Å². The largest absolute Gasteiger partial charge is 0.441 e. The number of aliphatic hydroxyl groups is 2. The fourth-order valence-corrected chi connectivity index (χ4v) is 3.24. The number of β-amino-alcohol motifs (C(OH)–C–C–N with tert-alkyl or cyclic N) is 1. The molecule has 6 nitrogen and oxygen atoms in total. The number of rotatable bonds is 6. The first-order chi connectivity index (χ1) is 9.61. The van der Waals surface area contributed by atoms with Crippen molar-refractivity contribution in [2.45, 2.75) is 56.8 Å². The SMILES string of the molecule is N[C@@H](CC1CCCCC1)[C@@H](O)[C@@H]1CN(CCO)C(=O)O1. The average Bonchev–Trinajstić information content (AvgIpc) is 2.81. The third kappa shape index (κ3) is 3.84. The first kappa shape index (κ1) is 15.5. The smallest absolute Gasteiger partial charge is 0.410 e. The Kier molecular flexibility index (Phi) is 5.63. The number of aliphatic hydroxyl groups excluding tert-OH is 2. The monoisotopic (exact) mass is 286 g/mol. The molecule has 1 saturated heterocycles. The summed E-state index contributed by atoms with van der Waals surface area (Å²) >= 11 is 0. The Hall–Kier alpha value is -0.850. The van der Waals surface area contributed by atoms with Gasteiger partial charge in [-0.05, 0) is 12.3 Å². The summed E-state index contributed by atoms with van der Waals surface area (Å²) in [6, 6.07) is -0.357. The minimum Gasteiger partial charge on any atom is -0.441 e. The lowest BCUT2D eigenvalue weighted by Crippen LogP contribution is -2.46. The Balaban J connectivity index is 1.81. The second kappa shape index (κ2) is 7.24. The molecule has 0 spiro atoms. The molecule has 1 amide bonds. The Morgan fingerprint density at radius 3 is 2.70 bits per heavy atom. The number of cyclic esters (lactones) is 1. The number of carbonyl (C=O) groups excluding carboxylic acids is 1. The van der Waals surface area contributed by atoms with E-state index in [2.05, 4.69) is 0 Å². The van der Waals surface area contributed by atoms with Crippen LogP contribution in [0.3, 0.4) is 0 Å². The van der Waals surface area contributed by atoms with Gasteiger partial charge >= 0.3 is 6.09 Å². The molecule has 3 atom stereocenters. The molecule has 20 heavy (non-hydrogen) atoms. The molecule has 1 heterocycles. The van der Waals surface area contributed by atoms with Crippen LogP contribution < -0.4 is 5.73 Å². The number of amides is 1. The molecule has 2 fully saturated rings. The maximum Gasteiger partial charge on any atom is 0.410 e. The molecule has 1 aliphatic heterocycles. The van der Waals surface area contributed by atoms with Crippen molar-refractivity contribution >= 4 is 6.09 Å². The molecule has 0 radical (unpaired) electrons. The highest BCUT2D eigenvalue weighted by molar-refractivity contribution is 5.70. The molecule has 6 heteroatoms. The van der Waals surface area contributed by atoms with Gasteiger partial charge in [-0.1, -0.05) is 32.1 Å². The minimum absolute atomic E-state index is 0.105. The topological polar surface area (TPSA) is 96.0 Å². The molecule has 4 N–H and O–H groups in total. The Labute approximate surface area is 119 Å². The van der Waals surface area contributed by atoms with Crippen molar-refractivity contribution in [1.82, 2.24) is 4.90 Å². The molecule has 2 aliphatic rings. The number of nitrogens with two attached hydrogens (primary N) is 1. The van der Waals surface area contributed by atoms with Crippen LogP contribution in [0, 0.1) is 5.92 Å². The molecular formula is C14H26N2O4. The van der Waals surface area contributed by atoms with Crippen LogP contribution in [-0.2, 0) is 4.74 Å². The maximum absolute atomic E-state index is 11.5. The lowest BCUT2D eigenvalue weighted by molar-refractivity contribution is 0.0120. The van der Waals surface area contributed by atoms with Crippen molar-refractivity contribution < 1.29 is 19.7 Å². The Morgan fingerprint density at radius 2 is 2.05 bits per heavy atom. The highest BCUT2D eigenvalue weighted by Gasteiger charge is 2.38. The van der Waals surface area contributed by atoms with Crippen LogP contribution in [0.15, 0.2) is 0 Å². The van der Waals surface area contributed by atoms with E-state index in [1.165, 1.54) is 37.0 Å². The van der Waals surface area contributed by atoms with Crippen molar-refractivity contribution in [3.8, 4) is 0 Å². The van der Waals surface area contributed by atoms with Gasteiger partial charge in [0.15, 0.2) is 0 Å². The second-order valence-corrected chi connectivity index (χ2v) is 5.99. The van der Waals surface area contributed by atoms with Gasteiger partial charge in [0, 0.05) is 12.6 Å². The lowest BCUT2D eigenvalue weighted by Gasteiger charge is -2.28. The number of hydrogen-bond acceptors (Lipinski definition) is 5. The van der Waals surface area contributed by atoms with Gasteiger partial charge in [0.1, 0.15) is 12.2 Å². The van der Waals surface area contributed by atoms with Crippen LogP contribution in [0.2, 0.25) is 0 Å². The molecule has 0 bridgehead atoms. The molecule has 116 valence electrons. The van der Waals surface area contributed by atoms with E-state index >= 15 is 0 Å². The van der Waals surface area contributed by atoms with Crippen molar-refractivity contribution in [3.05, 3.63) is 0 Å². The van der Waals surface area contributed by atoms with Gasteiger partial charge in [-0.15, -0.1) is 0 Å². The van der Waals surface area contributed by atoms with Crippen LogP contribution in [0.4, 0.5) is 4.79 Å². The van der Waals surface area contributed by atoms with Gasteiger partial charge in [0.05, 0.1) is 13.2 Å². The number of hydrogen-bond donors (Lipinski definition) is 3. The van der Waals surface area contributed by atoms with E-state index in [-0.39, 0.29) is 19.2 Å². The standard InChI is InChI=1S/C14H26N2O4/c15-11(8-10-4-2-1-3-5-10)13(18)12-9-16(6-7-17)14(19)20-12/h10-13,17-18H,1-9,15H2/t11-,12-,13+/m0/s1. The van der Waals surface area contributed by atoms with E-state index in [4.69, 9.17) is 15.6 Å². The van der Waals surface area contributed by atoms with Crippen LogP contribution in [0.25, 0.3) is 0 Å². The Bertz CT molecular complexity index is 320. The molecular weight excluding hydrogens is 260 g/mol. The summed E-state index contributed by atoms with van der Waals surface area (Å²) in [4.78, 5) is 12.9. The van der Waals surface area contributed by atoms with Crippen molar-refractivity contribution in [2.24, 2.45) is 11.7 Å². The van der Waals surface area contributed by atoms with E-state index in [0.29, 0.717) is 12.5 Å². The van der Waals surface area contributed by atoms with Crippen LogP contribution in [0.5, 0.6) is 0 Å². The van der Waals surface area contributed by atoms with Gasteiger partial charge in [-0.25, -0.2) is 4.79 Å². The predicted octanol–water partition coefficient (Wildman–Crippen LogP) is 0.458. The molecule has 0 aromatic heterocycles. The number of ether oxygens (including phenoxy) is 1. The molecule has 2 rings (SSSR count). The first-order valence-corrected chi connectivity index (χ1v) is 7.62. The minimum atomic E-state index is -0.829. The third-order valence-corrected chi connectivity index (χ3v) is 4.43. The average molecular weight is 286 g/mol. The first-order valence-electron chi connectivity index (χ1n) is 7.62. The van der Waals surface area contributed by atoms with Crippen molar-refractivity contribution in [1.29, 1.82) is 0 Å². The highest BCUT2D eigenvalue weighted by Crippen LogP contribution is 2.28. The number of carbonyl (C=O) groups is 1. The molecule has 0 unspecified atom stereocenters. The maximum atomic E-state index is 11.5. The van der Waals surface area contributed by atoms with Crippen molar-refractivity contribution in [3.63, 3.8) is 0 Å². The van der Waals surface area contributed by atoms with E-state index in [0.717, 1.165) is 6.42 Å². The summed E-state index contributed by atoms with van der Waals surface area (Å²) in [6.07, 6.45) is 5.06. The summed E-state index contributed by atoms with van der Waals surface area (Å²) in [5.41, 5.74) is 6.08. The van der Waals surface area contributed by atoms with E-state index in [1.807, 2.05) is 0 Å². The zero-order valence-corrected chi connectivity index (χ0v) is 11.9. The molecule has 0 aromatic carbocycles. The van der Waals surface area contributed by atoms with Gasteiger partial charge in [0.25, 0.3) is 0 Å². The normalized spacial score (nSPS) is 27.4. The molecule has 1 saturated carbocycles. The van der Waals surface area contributed by atoms with Gasteiger partial charge in [-0.3, -0.25) is 0 Å². The lowest BCUT2D eigenvalue weighted by atomic mass is 9.83. The van der Waals surface area contributed by atoms with Crippen LogP contribution in [-0.4, -0.2) is 59.2 Å². The third-order valence-electron chi connectivity index (χ3n) is 4.43. The summed E-state index contributed by atoms with van der Waals surface area (Å²) in [5, 5.41) is 19.1. The zero-order chi connectivity index (χ0) is 14.5. The summed E-state index contributed by atoms with van der Waals surface area (Å²) in [5.74, 6) is 0.582. The summed E-state index contributed by atoms with van der Waals surface area (Å²) in [7, 11) is 0. The van der Waals surface area contributed by atoms with Crippen LogP contribution >= 0.6 is 0 Å². The summed E-state index contributed by atoms with van der Waals surface area (Å²) in [6.45, 7) is 0.435. The van der Waals surface area contributed by atoms with Crippen molar-refractivity contribution in [2.75, 3.05) is 19.7 Å². The Morgan fingerprint density at radius 1 is 1.35 bits per heavy atom. The van der Waals surface area contributed by atoms with Gasteiger partial charge in [-0.2, -0.15) is 0 Å². The fraction of sp³-hybridized carbons (Fsp3) is 0.929. The summed E-state index contributed by atoms with van der Waals surface area (Å²) < 4.78 is 5.14. The van der Waals surface area contributed by atoms with E-state index < -0.39 is 18.3 Å². The number of nitrogens with zero attached hydrogens (tertiary/aromatic N) is 1. The quantitative estimate of drug-likeness (QED) is 0.659. The van der Waals surface area contributed by atoms with Gasteiger partial charge < -0.3 is 25.6 Å².